The van der Waals surface area contributed by atoms with E-state index >= 15 is 0 Å². The molecule has 1 amide bonds. The highest BCUT2D eigenvalue weighted by atomic mass is 35.5. The lowest BCUT2D eigenvalue weighted by molar-refractivity contribution is 0.0640. The number of likely N-dealkylation sites (tertiary alicyclic amines) is 1. The fraction of sp³-hybridized carbons (Fsp3) is 0.392. The molecule has 3 heterocycles. The number of aryl methyl sites for hydroxylation is 1. The normalized spacial score (nSPS) is 17.9. The molecule has 0 radical (unpaired) electrons. The number of anilines is 2. The van der Waals surface area contributed by atoms with Crippen molar-refractivity contribution >= 4 is 50.7 Å². The van der Waals surface area contributed by atoms with Crippen LogP contribution in [0.1, 0.15) is 40.7 Å². The van der Waals surface area contributed by atoms with Gasteiger partial charge in [0.25, 0.3) is 15.9 Å². The first-order valence-electron chi connectivity index (χ1n) is 22.7. The van der Waals surface area contributed by atoms with Crippen molar-refractivity contribution in [2.24, 2.45) is 0 Å². The third-order valence-electron chi connectivity index (χ3n) is 13.1. The van der Waals surface area contributed by atoms with Gasteiger partial charge in [-0.2, -0.15) is 0 Å². The predicted octanol–water partition coefficient (Wildman–Crippen LogP) is 8.43. The molecule has 5 aromatic rings. The Kier molecular flexibility index (Phi) is 15.7. The fourth-order valence-electron chi connectivity index (χ4n) is 9.18. The smallest absolute Gasteiger partial charge is 0.264 e. The molecule has 0 bridgehead atoms. The van der Waals surface area contributed by atoms with Gasteiger partial charge in [0.15, 0.2) is 0 Å². The summed E-state index contributed by atoms with van der Waals surface area (Å²) in [6.45, 7) is 14.1. The van der Waals surface area contributed by atoms with Gasteiger partial charge in [0, 0.05) is 110 Å². The van der Waals surface area contributed by atoms with Gasteiger partial charge in [-0.1, -0.05) is 66.2 Å². The zero-order valence-corrected chi connectivity index (χ0v) is 39.6. The average Bonchev–Trinajstić information content (AvgIpc) is 3.32. The summed E-state index contributed by atoms with van der Waals surface area (Å²) < 4.78 is 29.5. The Morgan fingerprint density at radius 1 is 0.766 bits per heavy atom. The third-order valence-corrected chi connectivity index (χ3v) is 15.9. The van der Waals surface area contributed by atoms with Crippen LogP contribution in [0.3, 0.4) is 0 Å². The van der Waals surface area contributed by atoms with E-state index in [0.717, 1.165) is 105 Å². The number of hydrogen-bond acceptors (Lipinski definition) is 10. The van der Waals surface area contributed by atoms with E-state index in [9.17, 15) is 13.2 Å². The van der Waals surface area contributed by atoms with Gasteiger partial charge in [0.1, 0.15) is 0 Å². The molecular formula is C51H62ClN7O3S2. The number of sulfonamides is 1. The van der Waals surface area contributed by atoms with Crippen molar-refractivity contribution in [1.82, 2.24) is 24.3 Å². The summed E-state index contributed by atoms with van der Waals surface area (Å²) in [6.07, 6.45) is 3.51. The molecule has 3 fully saturated rings. The van der Waals surface area contributed by atoms with Gasteiger partial charge >= 0.3 is 0 Å². The lowest BCUT2D eigenvalue weighted by Gasteiger charge is -2.42. The van der Waals surface area contributed by atoms with E-state index in [-0.39, 0.29) is 10.9 Å². The van der Waals surface area contributed by atoms with E-state index in [1.165, 1.54) is 42.0 Å². The lowest BCUT2D eigenvalue weighted by Crippen LogP contribution is -2.53. The third kappa shape index (κ3) is 12.3. The van der Waals surface area contributed by atoms with Crippen LogP contribution >= 0.6 is 23.4 Å². The molecule has 0 saturated carbocycles. The van der Waals surface area contributed by atoms with Gasteiger partial charge in [0.2, 0.25) is 0 Å². The van der Waals surface area contributed by atoms with Gasteiger partial charge in [-0.15, -0.1) is 11.8 Å². The van der Waals surface area contributed by atoms with E-state index in [4.69, 9.17) is 11.6 Å². The Balaban J connectivity index is 0.833. The minimum absolute atomic E-state index is 0.0619. The van der Waals surface area contributed by atoms with E-state index in [0.29, 0.717) is 11.6 Å². The molecule has 5 aromatic carbocycles. The highest BCUT2D eigenvalue weighted by molar-refractivity contribution is 7.99. The Bertz CT molecular complexity index is 2400. The van der Waals surface area contributed by atoms with E-state index < -0.39 is 15.9 Å². The summed E-state index contributed by atoms with van der Waals surface area (Å²) >= 11 is 7.99. The van der Waals surface area contributed by atoms with E-state index in [2.05, 4.69) is 102 Å². The Labute approximate surface area is 390 Å². The number of benzene rings is 5. The Morgan fingerprint density at radius 3 is 2.14 bits per heavy atom. The molecule has 64 heavy (non-hydrogen) atoms. The van der Waals surface area contributed by atoms with Crippen LogP contribution in [0.4, 0.5) is 11.4 Å². The first kappa shape index (κ1) is 46.1. The molecule has 0 aliphatic carbocycles. The molecular weight excluding hydrogens is 858 g/mol. The van der Waals surface area contributed by atoms with Gasteiger partial charge in [-0.05, 0) is 135 Å². The predicted molar refractivity (Wildman–Crippen MR) is 264 cm³/mol. The van der Waals surface area contributed by atoms with Crippen LogP contribution in [-0.2, 0) is 16.6 Å². The lowest BCUT2D eigenvalue weighted by atomic mass is 9.99. The number of piperazine rings is 2. The molecule has 0 spiro atoms. The van der Waals surface area contributed by atoms with Gasteiger partial charge in [0.05, 0.1) is 4.90 Å². The van der Waals surface area contributed by atoms with Crippen molar-refractivity contribution in [1.29, 1.82) is 0 Å². The summed E-state index contributed by atoms with van der Waals surface area (Å²) in [5.74, 6) is 0.228. The molecule has 3 aliphatic rings. The zero-order valence-electron chi connectivity index (χ0n) is 37.2. The van der Waals surface area contributed by atoms with Crippen molar-refractivity contribution in [3.63, 3.8) is 0 Å². The summed E-state index contributed by atoms with van der Waals surface area (Å²) in [7, 11) is -1.89. The van der Waals surface area contributed by atoms with Crippen molar-refractivity contribution in [2.45, 2.75) is 54.6 Å². The number of carbonyl (C=O) groups is 1. The zero-order chi connectivity index (χ0) is 44.5. The molecule has 3 aliphatic heterocycles. The molecule has 0 aromatic heterocycles. The Hall–Kier alpha value is -4.40. The number of nitrogens with zero attached hydrogens (tertiary/aromatic N) is 5. The summed E-state index contributed by atoms with van der Waals surface area (Å²) in [4.78, 5) is 27.1. The van der Waals surface area contributed by atoms with Crippen molar-refractivity contribution < 1.29 is 13.2 Å². The number of piperidine rings is 1. The van der Waals surface area contributed by atoms with E-state index in [1.54, 1.807) is 24.3 Å². The molecule has 1 atom stereocenters. The second kappa shape index (κ2) is 21.7. The number of carbonyl (C=O) groups excluding carboxylic acids is 1. The van der Waals surface area contributed by atoms with Crippen LogP contribution in [0.2, 0.25) is 5.02 Å². The number of halogens is 1. The first-order chi connectivity index (χ1) is 31.1. The number of hydrogen-bond donors (Lipinski definition) is 2. The quantitative estimate of drug-likeness (QED) is 0.0941. The monoisotopic (exact) mass is 919 g/mol. The molecule has 338 valence electrons. The highest BCUT2D eigenvalue weighted by Gasteiger charge is 2.27. The second-order valence-corrected chi connectivity index (χ2v) is 20.8. The van der Waals surface area contributed by atoms with Crippen molar-refractivity contribution in [3.05, 3.63) is 143 Å². The summed E-state index contributed by atoms with van der Waals surface area (Å²) in [5, 5.41) is 4.50. The maximum absolute atomic E-state index is 13.6. The van der Waals surface area contributed by atoms with Crippen LogP contribution in [0.25, 0.3) is 11.1 Å². The number of amides is 1. The molecule has 13 heteroatoms. The molecule has 3 saturated heterocycles. The van der Waals surface area contributed by atoms with Crippen molar-refractivity contribution in [2.75, 3.05) is 95.0 Å². The molecule has 8 rings (SSSR count). The van der Waals surface area contributed by atoms with Gasteiger partial charge in [-0.25, -0.2) is 13.1 Å². The SMILES string of the molecule is Cc1cc(S(=O)(=O)NC(=O)c2ccc(N3CCN(Cc4ccccc4-c4ccc(Cl)cc4)CC3)cc2)ccc1N[C@H](CCN1CCN(C2CCN(C)CC2)CC1)CSc1ccccc1. The van der Waals surface area contributed by atoms with E-state index in [1.807, 2.05) is 55.1 Å². The summed E-state index contributed by atoms with van der Waals surface area (Å²) in [5.41, 5.74) is 6.66. The van der Waals surface area contributed by atoms with Crippen LogP contribution < -0.4 is 14.9 Å². The summed E-state index contributed by atoms with van der Waals surface area (Å²) in [6, 6.07) is 40.2. The first-order valence-corrected chi connectivity index (χ1v) is 25.6. The minimum atomic E-state index is -4.11. The molecule has 10 nitrogen and oxygen atoms in total. The van der Waals surface area contributed by atoms with Gasteiger partial charge < -0.3 is 20.0 Å². The topological polar surface area (TPSA) is 91.5 Å². The van der Waals surface area contributed by atoms with Crippen LogP contribution in [0.15, 0.2) is 131 Å². The fourth-order valence-corrected chi connectivity index (χ4v) is 11.4. The molecule has 2 N–H and O–H groups in total. The van der Waals surface area contributed by atoms with Crippen LogP contribution in [0, 0.1) is 6.92 Å². The average molecular weight is 921 g/mol. The second-order valence-electron chi connectivity index (χ2n) is 17.6. The van der Waals surface area contributed by atoms with Crippen LogP contribution in [0.5, 0.6) is 0 Å². The number of rotatable bonds is 16. The minimum Gasteiger partial charge on any atom is -0.381 e. The van der Waals surface area contributed by atoms with Crippen molar-refractivity contribution in [3.8, 4) is 11.1 Å². The standard InChI is InChI=1S/C51H62ClN7O3S2/c1-39-36-48(20-21-50(39)53-44(38-63-47-9-4-3-5-10-47)22-27-56-28-32-59(33-29-56)46-23-25-55(2)26-24-46)64(61,62)54-51(60)41-14-18-45(19-15-41)58-34-30-57(31-35-58)37-42-8-6-7-11-49(42)40-12-16-43(52)17-13-40/h3-21,36,44,46,53H,22-35,37-38H2,1-2H3,(H,54,60)/t44-/m1/s1. The largest absolute Gasteiger partial charge is 0.381 e. The maximum Gasteiger partial charge on any atom is 0.264 e. The number of thioether (sulfide) groups is 1. The maximum atomic E-state index is 13.6. The molecule has 0 unspecified atom stereocenters. The number of nitrogens with one attached hydrogen (secondary N) is 2. The van der Waals surface area contributed by atoms with Crippen LogP contribution in [-0.4, -0.2) is 131 Å². The highest BCUT2D eigenvalue weighted by Crippen LogP contribution is 2.29. The Morgan fingerprint density at radius 2 is 1.44 bits per heavy atom. The van der Waals surface area contributed by atoms with Gasteiger partial charge in [-0.3, -0.25) is 14.6 Å².